The second-order valence-electron chi connectivity index (χ2n) is 6.84. The number of benzene rings is 2. The molecule has 0 saturated carbocycles. The number of rotatable bonds is 9. The number of esters is 1. The van der Waals surface area contributed by atoms with E-state index in [9.17, 15) is 9.59 Å². The van der Waals surface area contributed by atoms with Gasteiger partial charge in [0.15, 0.2) is 0 Å². The van der Waals surface area contributed by atoms with Crippen LogP contribution in [0.5, 0.6) is 5.75 Å². The predicted octanol–water partition coefficient (Wildman–Crippen LogP) is 4.46. The number of ether oxygens (including phenoxy) is 3. The molecule has 0 bridgehead atoms. The van der Waals surface area contributed by atoms with Crippen molar-refractivity contribution in [3.05, 3.63) is 74.6 Å². The zero-order valence-electron chi connectivity index (χ0n) is 16.9. The number of halogens is 1. The summed E-state index contributed by atoms with van der Waals surface area (Å²) < 4.78 is 21.4. The van der Waals surface area contributed by atoms with Crippen LogP contribution in [0, 0.1) is 6.92 Å². The van der Waals surface area contributed by atoms with E-state index < -0.39 is 5.63 Å². The van der Waals surface area contributed by atoms with Crippen molar-refractivity contribution in [1.29, 1.82) is 0 Å². The molecule has 0 aliphatic heterocycles. The van der Waals surface area contributed by atoms with Gasteiger partial charge >= 0.3 is 11.6 Å². The molecule has 0 spiro atoms. The molecule has 3 aromatic rings. The molecule has 0 unspecified atom stereocenters. The molecule has 0 N–H and O–H groups in total. The van der Waals surface area contributed by atoms with Gasteiger partial charge in [-0.1, -0.05) is 23.7 Å². The third-order valence-electron chi connectivity index (χ3n) is 4.56. The van der Waals surface area contributed by atoms with E-state index in [1.165, 1.54) is 6.07 Å². The van der Waals surface area contributed by atoms with E-state index in [1.54, 1.807) is 19.2 Å². The number of hydrogen-bond acceptors (Lipinski definition) is 6. The highest BCUT2D eigenvalue weighted by Crippen LogP contribution is 2.29. The SMILES string of the molecule is COCCOC(=O)CCc1cc2c(C)cc(=O)oc2cc1OCc1cccc(Cl)c1. The minimum absolute atomic E-state index is 0.193. The summed E-state index contributed by atoms with van der Waals surface area (Å²) in [7, 11) is 1.55. The molecular weight excluding hydrogens is 408 g/mol. The topological polar surface area (TPSA) is 75.0 Å². The Morgan fingerprint density at radius 1 is 1.13 bits per heavy atom. The number of hydrogen-bond donors (Lipinski definition) is 0. The van der Waals surface area contributed by atoms with Crippen LogP contribution in [-0.2, 0) is 27.3 Å². The van der Waals surface area contributed by atoms with Gasteiger partial charge < -0.3 is 18.6 Å². The lowest BCUT2D eigenvalue weighted by molar-refractivity contribution is -0.144. The van der Waals surface area contributed by atoms with Crippen LogP contribution in [0.4, 0.5) is 0 Å². The van der Waals surface area contributed by atoms with E-state index in [2.05, 4.69) is 0 Å². The van der Waals surface area contributed by atoms with Gasteiger partial charge in [0.25, 0.3) is 0 Å². The first-order valence-electron chi connectivity index (χ1n) is 9.55. The van der Waals surface area contributed by atoms with E-state index in [0.717, 1.165) is 22.1 Å². The maximum Gasteiger partial charge on any atom is 0.336 e. The summed E-state index contributed by atoms with van der Waals surface area (Å²) in [5, 5.41) is 1.42. The Balaban J connectivity index is 1.84. The van der Waals surface area contributed by atoms with Crippen LogP contribution in [0.25, 0.3) is 11.0 Å². The molecule has 7 heteroatoms. The molecule has 3 rings (SSSR count). The van der Waals surface area contributed by atoms with Gasteiger partial charge in [0.05, 0.1) is 6.61 Å². The normalized spacial score (nSPS) is 10.9. The smallest absolute Gasteiger partial charge is 0.336 e. The van der Waals surface area contributed by atoms with Gasteiger partial charge in [-0.2, -0.15) is 0 Å². The van der Waals surface area contributed by atoms with Gasteiger partial charge in [-0.15, -0.1) is 0 Å². The lowest BCUT2D eigenvalue weighted by Gasteiger charge is -2.14. The van der Waals surface area contributed by atoms with Crippen LogP contribution in [-0.4, -0.2) is 26.3 Å². The zero-order valence-corrected chi connectivity index (χ0v) is 17.7. The molecule has 30 heavy (non-hydrogen) atoms. The number of aryl methyl sites for hydroxylation is 2. The summed E-state index contributed by atoms with van der Waals surface area (Å²) in [6.45, 7) is 2.70. The Hall–Kier alpha value is -2.83. The quantitative estimate of drug-likeness (QED) is 0.283. The maximum absolute atomic E-state index is 12.0. The van der Waals surface area contributed by atoms with Crippen LogP contribution in [0.1, 0.15) is 23.1 Å². The minimum Gasteiger partial charge on any atom is -0.488 e. The van der Waals surface area contributed by atoms with Gasteiger partial charge in [-0.3, -0.25) is 4.79 Å². The van der Waals surface area contributed by atoms with Crippen LogP contribution >= 0.6 is 11.6 Å². The third-order valence-corrected chi connectivity index (χ3v) is 4.80. The van der Waals surface area contributed by atoms with Crippen molar-refractivity contribution in [1.82, 2.24) is 0 Å². The van der Waals surface area contributed by atoms with Crippen LogP contribution in [0.2, 0.25) is 5.02 Å². The van der Waals surface area contributed by atoms with Crippen molar-refractivity contribution in [2.75, 3.05) is 20.3 Å². The average Bonchev–Trinajstić information content (AvgIpc) is 2.71. The number of methoxy groups -OCH3 is 1. The Bertz CT molecular complexity index is 1090. The maximum atomic E-state index is 12.0. The van der Waals surface area contributed by atoms with E-state index in [-0.39, 0.29) is 25.6 Å². The van der Waals surface area contributed by atoms with Crippen molar-refractivity contribution in [2.45, 2.75) is 26.4 Å². The highest BCUT2D eigenvalue weighted by Gasteiger charge is 2.13. The molecule has 0 saturated heterocycles. The Labute approximate surface area is 179 Å². The fourth-order valence-electron chi connectivity index (χ4n) is 3.06. The summed E-state index contributed by atoms with van der Waals surface area (Å²) in [6.07, 6.45) is 0.615. The fourth-order valence-corrected chi connectivity index (χ4v) is 3.27. The molecule has 0 aliphatic carbocycles. The Morgan fingerprint density at radius 2 is 1.97 bits per heavy atom. The third kappa shape index (κ3) is 5.84. The molecule has 0 fully saturated rings. The lowest BCUT2D eigenvalue weighted by Crippen LogP contribution is -2.11. The second-order valence-corrected chi connectivity index (χ2v) is 7.27. The van der Waals surface area contributed by atoms with E-state index in [0.29, 0.717) is 29.4 Å². The molecule has 158 valence electrons. The van der Waals surface area contributed by atoms with Crippen molar-refractivity contribution in [2.24, 2.45) is 0 Å². The summed E-state index contributed by atoms with van der Waals surface area (Å²) in [5.74, 6) is 0.227. The van der Waals surface area contributed by atoms with Crippen molar-refractivity contribution in [3.63, 3.8) is 0 Å². The van der Waals surface area contributed by atoms with Gasteiger partial charge in [0.2, 0.25) is 0 Å². The molecule has 1 aromatic heterocycles. The molecular formula is C23H23ClO6. The molecule has 0 atom stereocenters. The van der Waals surface area contributed by atoms with Crippen molar-refractivity contribution < 1.29 is 23.4 Å². The van der Waals surface area contributed by atoms with Crippen LogP contribution in [0.15, 0.2) is 51.7 Å². The fraction of sp³-hybridized carbons (Fsp3) is 0.304. The van der Waals surface area contributed by atoms with E-state index in [4.69, 9.17) is 30.2 Å². The van der Waals surface area contributed by atoms with Gasteiger partial charge in [0, 0.05) is 36.1 Å². The summed E-state index contributed by atoms with van der Waals surface area (Å²) in [5.41, 5.74) is 2.54. The largest absolute Gasteiger partial charge is 0.488 e. The van der Waals surface area contributed by atoms with Crippen molar-refractivity contribution >= 4 is 28.5 Å². The first-order chi connectivity index (χ1) is 14.5. The second kappa shape index (κ2) is 10.3. The number of fused-ring (bicyclic) bond motifs is 1. The van der Waals surface area contributed by atoms with E-state index >= 15 is 0 Å². The Morgan fingerprint density at radius 3 is 2.73 bits per heavy atom. The highest BCUT2D eigenvalue weighted by molar-refractivity contribution is 6.30. The molecule has 0 radical (unpaired) electrons. The summed E-state index contributed by atoms with van der Waals surface area (Å²) >= 11 is 6.04. The monoisotopic (exact) mass is 430 g/mol. The molecule has 1 heterocycles. The summed E-state index contributed by atoms with van der Waals surface area (Å²) in [4.78, 5) is 23.8. The average molecular weight is 431 g/mol. The standard InChI is InChI=1S/C23H23ClO6/c1-15-10-23(26)30-21-13-20(29-14-16-4-3-5-18(24)11-16)17(12-19(15)21)6-7-22(25)28-9-8-27-2/h3-5,10-13H,6-9,14H2,1-2H3. The minimum atomic E-state index is -0.421. The first-order valence-corrected chi connectivity index (χ1v) is 9.93. The van der Waals surface area contributed by atoms with E-state index in [1.807, 2.05) is 31.2 Å². The van der Waals surface area contributed by atoms with Gasteiger partial charge in [0.1, 0.15) is 24.5 Å². The molecule has 2 aromatic carbocycles. The van der Waals surface area contributed by atoms with Crippen molar-refractivity contribution in [3.8, 4) is 5.75 Å². The first kappa shape index (κ1) is 21.9. The predicted molar refractivity (Wildman–Crippen MR) is 114 cm³/mol. The number of carbonyl (C=O) groups excluding carboxylic acids is 1. The zero-order chi connectivity index (χ0) is 21.5. The lowest BCUT2D eigenvalue weighted by atomic mass is 10.0. The van der Waals surface area contributed by atoms with Gasteiger partial charge in [-0.05, 0) is 48.2 Å². The number of carbonyl (C=O) groups is 1. The Kier molecular flexibility index (Phi) is 7.49. The molecule has 6 nitrogen and oxygen atoms in total. The van der Waals surface area contributed by atoms with Gasteiger partial charge in [-0.25, -0.2) is 4.79 Å². The van der Waals surface area contributed by atoms with Crippen LogP contribution < -0.4 is 10.4 Å². The highest BCUT2D eigenvalue weighted by atomic mass is 35.5. The van der Waals surface area contributed by atoms with Crippen LogP contribution in [0.3, 0.4) is 0 Å². The molecule has 0 aliphatic rings. The molecule has 0 amide bonds. The summed E-state index contributed by atoms with van der Waals surface area (Å²) in [6, 6.07) is 12.4.